The second-order valence-electron chi connectivity index (χ2n) is 7.26. The van der Waals surface area contributed by atoms with E-state index in [1.807, 2.05) is 0 Å². The van der Waals surface area contributed by atoms with Crippen LogP contribution in [0.4, 0.5) is 0 Å². The molecule has 0 amide bonds. The topological polar surface area (TPSA) is 21.7 Å². The summed E-state index contributed by atoms with van der Waals surface area (Å²) in [7, 11) is 2.11. The standard InChI is InChI=1S/C22H31NO2/c1-23-15-7-10-20(16-23)18-25-22-13-5-11-21(12-6-14-22)24-17-19-8-3-2-4-9-19/h2-4,7-10,16,21-22H,5-6,11-15,17-18H2,1H3. The average Bonchev–Trinajstić information content (AvgIpc) is 2.61. The van der Waals surface area contributed by atoms with Crippen LogP contribution in [0.25, 0.3) is 0 Å². The van der Waals surface area contributed by atoms with Crippen LogP contribution in [0.5, 0.6) is 0 Å². The maximum atomic E-state index is 6.18. The molecule has 1 heterocycles. The molecule has 0 unspecified atom stereocenters. The SMILES string of the molecule is CN1C=C(COC2CCCC(OCc3ccccc3)CCC2)C=CC1. The van der Waals surface area contributed by atoms with Gasteiger partial charge in [-0.15, -0.1) is 0 Å². The molecule has 0 radical (unpaired) electrons. The first-order valence-electron chi connectivity index (χ1n) is 9.64. The molecule has 1 aromatic carbocycles. The molecule has 1 saturated carbocycles. The molecule has 0 bridgehead atoms. The fourth-order valence-corrected chi connectivity index (χ4v) is 3.61. The molecule has 25 heavy (non-hydrogen) atoms. The molecule has 3 nitrogen and oxygen atoms in total. The molecule has 0 atom stereocenters. The molecule has 0 saturated heterocycles. The highest BCUT2D eigenvalue weighted by Crippen LogP contribution is 2.23. The van der Waals surface area contributed by atoms with Gasteiger partial charge in [-0.25, -0.2) is 0 Å². The summed E-state index contributed by atoms with van der Waals surface area (Å²) in [5, 5.41) is 0. The highest BCUT2D eigenvalue weighted by atomic mass is 16.5. The van der Waals surface area contributed by atoms with Crippen LogP contribution in [-0.4, -0.2) is 37.3 Å². The molecule has 136 valence electrons. The van der Waals surface area contributed by atoms with Gasteiger partial charge in [0.25, 0.3) is 0 Å². The van der Waals surface area contributed by atoms with Crippen LogP contribution < -0.4 is 0 Å². The molecule has 1 fully saturated rings. The number of nitrogens with zero attached hydrogens (tertiary/aromatic N) is 1. The number of rotatable bonds is 6. The first-order valence-corrected chi connectivity index (χ1v) is 9.64. The van der Waals surface area contributed by atoms with Crippen molar-refractivity contribution >= 4 is 0 Å². The normalized spacial score (nSPS) is 24.5. The van der Waals surface area contributed by atoms with E-state index in [1.165, 1.54) is 24.0 Å². The van der Waals surface area contributed by atoms with Crippen molar-refractivity contribution in [2.45, 2.75) is 57.3 Å². The first kappa shape index (κ1) is 18.2. The van der Waals surface area contributed by atoms with Gasteiger partial charge in [-0.3, -0.25) is 0 Å². The molecule has 0 N–H and O–H groups in total. The van der Waals surface area contributed by atoms with E-state index in [4.69, 9.17) is 9.47 Å². The Morgan fingerprint density at radius 2 is 1.56 bits per heavy atom. The second-order valence-corrected chi connectivity index (χ2v) is 7.26. The van der Waals surface area contributed by atoms with Crippen molar-refractivity contribution in [2.24, 2.45) is 0 Å². The molecule has 1 aromatic rings. The van der Waals surface area contributed by atoms with Crippen molar-refractivity contribution < 1.29 is 9.47 Å². The third-order valence-corrected chi connectivity index (χ3v) is 5.03. The summed E-state index contributed by atoms with van der Waals surface area (Å²) >= 11 is 0. The minimum atomic E-state index is 0.400. The maximum absolute atomic E-state index is 6.18. The van der Waals surface area contributed by atoms with Crippen molar-refractivity contribution in [3.05, 3.63) is 59.8 Å². The van der Waals surface area contributed by atoms with Crippen molar-refractivity contribution in [3.8, 4) is 0 Å². The molecule has 3 heteroatoms. The van der Waals surface area contributed by atoms with Crippen molar-refractivity contribution in [1.82, 2.24) is 4.90 Å². The lowest BCUT2D eigenvalue weighted by atomic mass is 9.96. The van der Waals surface area contributed by atoms with E-state index in [0.717, 1.165) is 45.4 Å². The lowest BCUT2D eigenvalue weighted by Crippen LogP contribution is -2.22. The van der Waals surface area contributed by atoms with Crippen LogP contribution in [0.3, 0.4) is 0 Å². The number of hydrogen-bond acceptors (Lipinski definition) is 3. The highest BCUT2D eigenvalue weighted by molar-refractivity contribution is 5.22. The monoisotopic (exact) mass is 341 g/mol. The smallest absolute Gasteiger partial charge is 0.0734 e. The van der Waals surface area contributed by atoms with Crippen LogP contribution >= 0.6 is 0 Å². The number of ether oxygens (including phenoxy) is 2. The Morgan fingerprint density at radius 1 is 0.920 bits per heavy atom. The summed E-state index contributed by atoms with van der Waals surface area (Å²) in [5.41, 5.74) is 2.55. The molecular weight excluding hydrogens is 310 g/mol. The van der Waals surface area contributed by atoms with E-state index >= 15 is 0 Å². The Labute approximate surface area is 152 Å². The number of benzene rings is 1. The second kappa shape index (κ2) is 9.79. The molecule has 0 aromatic heterocycles. The van der Waals surface area contributed by atoms with E-state index in [-0.39, 0.29) is 0 Å². The molecule has 3 rings (SSSR count). The Balaban J connectivity index is 1.36. The van der Waals surface area contributed by atoms with Gasteiger partial charge in [0.15, 0.2) is 0 Å². The van der Waals surface area contributed by atoms with Gasteiger partial charge < -0.3 is 14.4 Å². The fourth-order valence-electron chi connectivity index (χ4n) is 3.61. The van der Waals surface area contributed by atoms with E-state index < -0.39 is 0 Å². The summed E-state index contributed by atoms with van der Waals surface area (Å²) in [4.78, 5) is 2.20. The minimum Gasteiger partial charge on any atom is -0.376 e. The van der Waals surface area contributed by atoms with Gasteiger partial charge >= 0.3 is 0 Å². The minimum absolute atomic E-state index is 0.400. The van der Waals surface area contributed by atoms with E-state index in [1.54, 1.807) is 0 Å². The maximum Gasteiger partial charge on any atom is 0.0734 e. The lowest BCUT2D eigenvalue weighted by Gasteiger charge is -2.26. The quantitative estimate of drug-likeness (QED) is 0.749. The van der Waals surface area contributed by atoms with Crippen LogP contribution in [-0.2, 0) is 16.1 Å². The highest BCUT2D eigenvalue weighted by Gasteiger charge is 2.18. The van der Waals surface area contributed by atoms with Crippen LogP contribution in [0.2, 0.25) is 0 Å². The third-order valence-electron chi connectivity index (χ3n) is 5.03. The largest absolute Gasteiger partial charge is 0.376 e. The van der Waals surface area contributed by atoms with E-state index in [2.05, 4.69) is 60.6 Å². The van der Waals surface area contributed by atoms with Gasteiger partial charge in [-0.05, 0) is 49.7 Å². The fraction of sp³-hybridized carbons (Fsp3) is 0.545. The van der Waals surface area contributed by atoms with Crippen molar-refractivity contribution in [2.75, 3.05) is 20.2 Å². The molecule has 1 aliphatic heterocycles. The lowest BCUT2D eigenvalue weighted by molar-refractivity contribution is 0.00132. The summed E-state index contributed by atoms with van der Waals surface area (Å²) in [6.45, 7) is 2.47. The zero-order valence-corrected chi connectivity index (χ0v) is 15.4. The van der Waals surface area contributed by atoms with Crippen LogP contribution in [0.15, 0.2) is 54.3 Å². The third kappa shape index (κ3) is 6.33. The van der Waals surface area contributed by atoms with Crippen LogP contribution in [0.1, 0.15) is 44.1 Å². The Bertz CT molecular complexity index is 557. The number of hydrogen-bond donors (Lipinski definition) is 0. The summed E-state index contributed by atoms with van der Waals surface area (Å²) in [5.74, 6) is 0. The van der Waals surface area contributed by atoms with Gasteiger partial charge in [0.05, 0.1) is 25.4 Å². The molecule has 1 aliphatic carbocycles. The molecular formula is C22H31NO2. The molecule has 2 aliphatic rings. The van der Waals surface area contributed by atoms with Gasteiger partial charge in [-0.1, -0.05) is 42.5 Å². The predicted octanol–water partition coefficient (Wildman–Crippen LogP) is 4.70. The zero-order chi connectivity index (χ0) is 17.3. The Morgan fingerprint density at radius 3 is 2.20 bits per heavy atom. The Hall–Kier alpha value is -1.58. The van der Waals surface area contributed by atoms with Crippen molar-refractivity contribution in [3.63, 3.8) is 0 Å². The van der Waals surface area contributed by atoms with E-state index in [9.17, 15) is 0 Å². The predicted molar refractivity (Wildman–Crippen MR) is 102 cm³/mol. The van der Waals surface area contributed by atoms with Gasteiger partial charge in [-0.2, -0.15) is 0 Å². The van der Waals surface area contributed by atoms with Gasteiger partial charge in [0.2, 0.25) is 0 Å². The van der Waals surface area contributed by atoms with Gasteiger partial charge in [0, 0.05) is 19.8 Å². The summed E-state index contributed by atoms with van der Waals surface area (Å²) in [6, 6.07) is 10.5. The van der Waals surface area contributed by atoms with Gasteiger partial charge in [0.1, 0.15) is 0 Å². The Kier molecular flexibility index (Phi) is 7.13. The van der Waals surface area contributed by atoms with Crippen molar-refractivity contribution in [1.29, 1.82) is 0 Å². The average molecular weight is 341 g/mol. The summed E-state index contributed by atoms with van der Waals surface area (Å²) < 4.78 is 12.3. The van der Waals surface area contributed by atoms with E-state index in [0.29, 0.717) is 12.2 Å². The molecule has 0 spiro atoms. The summed E-state index contributed by atoms with van der Waals surface area (Å²) in [6.07, 6.45) is 14.4. The first-order chi connectivity index (χ1) is 12.3. The zero-order valence-electron chi connectivity index (χ0n) is 15.4. The number of likely N-dealkylation sites (N-methyl/N-ethyl adjacent to an activating group) is 1. The van der Waals surface area contributed by atoms with Crippen LogP contribution in [0, 0.1) is 0 Å².